The van der Waals surface area contributed by atoms with Gasteiger partial charge in [0.1, 0.15) is 11.9 Å². The maximum absolute atomic E-state index is 12.6. The third-order valence-electron chi connectivity index (χ3n) is 9.91. The van der Waals surface area contributed by atoms with Gasteiger partial charge in [0.2, 0.25) is 0 Å². The van der Waals surface area contributed by atoms with Crippen molar-refractivity contribution in [3.63, 3.8) is 0 Å². The second kappa shape index (κ2) is 8.67. The molecule has 1 saturated heterocycles. The van der Waals surface area contributed by atoms with Gasteiger partial charge in [-0.15, -0.1) is 0 Å². The number of piperidine rings is 1. The molecular formula is C32H35N3O3. The van der Waals surface area contributed by atoms with Gasteiger partial charge in [0.25, 0.3) is 5.91 Å². The van der Waals surface area contributed by atoms with E-state index in [2.05, 4.69) is 77.5 Å². The molecule has 0 radical (unpaired) electrons. The highest BCUT2D eigenvalue weighted by molar-refractivity contribution is 5.97. The monoisotopic (exact) mass is 509 g/mol. The lowest BCUT2D eigenvalue weighted by molar-refractivity contribution is -0.197. The summed E-state index contributed by atoms with van der Waals surface area (Å²) in [6.07, 6.45) is 2.81. The Morgan fingerprint density at radius 1 is 1.03 bits per heavy atom. The molecule has 2 heterocycles. The van der Waals surface area contributed by atoms with Crippen molar-refractivity contribution in [3.8, 4) is 5.75 Å². The molecule has 6 nitrogen and oxygen atoms in total. The normalized spacial score (nSPS) is 31.1. The number of likely N-dealkylation sites (tertiary alicyclic amines) is 1. The summed E-state index contributed by atoms with van der Waals surface area (Å²) in [7, 11) is 2.13. The van der Waals surface area contributed by atoms with E-state index < -0.39 is 16.9 Å². The van der Waals surface area contributed by atoms with Crippen molar-refractivity contribution in [2.24, 2.45) is 5.73 Å². The fourth-order valence-corrected chi connectivity index (χ4v) is 8.24. The van der Waals surface area contributed by atoms with Gasteiger partial charge in [-0.2, -0.15) is 0 Å². The molecule has 196 valence electrons. The number of primary amides is 1. The average molecular weight is 510 g/mol. The van der Waals surface area contributed by atoms with Gasteiger partial charge in [-0.05, 0) is 62.0 Å². The number of nitrogens with two attached hydrogens (primary N) is 1. The highest BCUT2D eigenvalue weighted by Gasteiger charge is 2.73. The van der Waals surface area contributed by atoms with Gasteiger partial charge in [-0.3, -0.25) is 9.69 Å². The third kappa shape index (κ3) is 3.27. The number of carbonyl (C=O) groups excluding carboxylic acids is 1. The molecule has 4 aliphatic rings. The van der Waals surface area contributed by atoms with Gasteiger partial charge in [0, 0.05) is 30.7 Å². The Hall–Kier alpha value is -3.19. The van der Waals surface area contributed by atoms with Gasteiger partial charge in [-0.25, -0.2) is 0 Å². The van der Waals surface area contributed by atoms with E-state index in [1.54, 1.807) is 0 Å². The summed E-state index contributed by atoms with van der Waals surface area (Å²) in [6.45, 7) is 2.45. The molecule has 3 aromatic carbocycles. The summed E-state index contributed by atoms with van der Waals surface area (Å²) in [5.41, 5.74) is 9.55. The van der Waals surface area contributed by atoms with Crippen molar-refractivity contribution >= 4 is 5.91 Å². The maximum Gasteiger partial charge on any atom is 0.252 e. The molecule has 5 atom stereocenters. The summed E-state index contributed by atoms with van der Waals surface area (Å²) >= 11 is 0. The van der Waals surface area contributed by atoms with Crippen LogP contribution in [0.4, 0.5) is 0 Å². The van der Waals surface area contributed by atoms with E-state index in [4.69, 9.17) is 10.5 Å². The van der Waals surface area contributed by atoms with Gasteiger partial charge < -0.3 is 20.5 Å². The predicted octanol–water partition coefficient (Wildman–Crippen LogP) is 3.64. The number of amides is 1. The minimum atomic E-state index is -0.916. The number of likely N-dealkylation sites (N-methyl/N-ethyl adjacent to an activating group) is 1. The Morgan fingerprint density at radius 3 is 2.32 bits per heavy atom. The quantitative estimate of drug-likeness (QED) is 0.531. The highest BCUT2D eigenvalue weighted by Crippen LogP contribution is 2.65. The summed E-state index contributed by atoms with van der Waals surface area (Å²) in [4.78, 5) is 17.4. The predicted molar refractivity (Wildman–Crippen MR) is 146 cm³/mol. The second-order valence-corrected chi connectivity index (χ2v) is 11.7. The molecule has 2 fully saturated rings. The van der Waals surface area contributed by atoms with Crippen LogP contribution in [0.25, 0.3) is 0 Å². The molecule has 0 aromatic heterocycles. The number of aliphatic hydroxyl groups is 1. The standard InChI is InChI=1S/C32H35N3O3/c1-34-17-16-31-27-23-12-13-24(30(33)36)28(27)38-29(31)25(14-15-32(31,37)26(34)18-23)35(19-21-8-4-2-5-9-21)20-22-10-6-3-7-11-22/h2-13,25-26,29,37H,14-20H2,1H3,(H2,33,36)/t25?,26?,29?,31-,32+/m0/s1. The number of rotatable bonds is 6. The van der Waals surface area contributed by atoms with E-state index in [0.29, 0.717) is 17.7 Å². The van der Waals surface area contributed by atoms with Crippen molar-refractivity contribution in [1.29, 1.82) is 0 Å². The molecule has 38 heavy (non-hydrogen) atoms. The Labute approximate surface area is 224 Å². The topological polar surface area (TPSA) is 79.0 Å². The number of ether oxygens (including phenoxy) is 1. The van der Waals surface area contributed by atoms with E-state index in [9.17, 15) is 9.90 Å². The van der Waals surface area contributed by atoms with Gasteiger partial charge in [-0.1, -0.05) is 66.7 Å². The fraction of sp³-hybridized carbons (Fsp3) is 0.406. The number of nitrogens with zero attached hydrogens (tertiary/aromatic N) is 2. The zero-order valence-corrected chi connectivity index (χ0v) is 21.8. The van der Waals surface area contributed by atoms with Crippen LogP contribution in [0.2, 0.25) is 0 Å². The van der Waals surface area contributed by atoms with Crippen molar-refractivity contribution in [2.45, 2.75) is 68.0 Å². The highest BCUT2D eigenvalue weighted by atomic mass is 16.5. The molecule has 3 aromatic rings. The van der Waals surface area contributed by atoms with Crippen LogP contribution < -0.4 is 10.5 Å². The van der Waals surface area contributed by atoms with Crippen molar-refractivity contribution in [1.82, 2.24) is 9.80 Å². The molecular weight excluding hydrogens is 474 g/mol. The molecule has 3 N–H and O–H groups in total. The lowest BCUT2D eigenvalue weighted by Crippen LogP contribution is -2.77. The average Bonchev–Trinajstić information content (AvgIpc) is 3.27. The zero-order chi connectivity index (χ0) is 26.1. The Kier molecular flexibility index (Phi) is 5.45. The molecule has 6 heteroatoms. The largest absolute Gasteiger partial charge is 0.487 e. The van der Waals surface area contributed by atoms with Crippen LogP contribution in [-0.2, 0) is 24.9 Å². The van der Waals surface area contributed by atoms with E-state index in [0.717, 1.165) is 44.5 Å². The molecule has 1 spiro atoms. The van der Waals surface area contributed by atoms with Crippen LogP contribution >= 0.6 is 0 Å². The molecule has 3 unspecified atom stereocenters. The smallest absolute Gasteiger partial charge is 0.252 e. The fourth-order valence-electron chi connectivity index (χ4n) is 8.24. The third-order valence-corrected chi connectivity index (χ3v) is 9.91. The number of hydrogen-bond acceptors (Lipinski definition) is 5. The Balaban J connectivity index is 1.37. The van der Waals surface area contributed by atoms with E-state index >= 15 is 0 Å². The first-order chi connectivity index (χ1) is 18.4. The van der Waals surface area contributed by atoms with Crippen LogP contribution in [0, 0.1) is 0 Å². The van der Waals surface area contributed by atoms with E-state index in [1.807, 2.05) is 12.1 Å². The second-order valence-electron chi connectivity index (χ2n) is 11.7. The molecule has 2 aliphatic heterocycles. The van der Waals surface area contributed by atoms with E-state index in [1.165, 1.54) is 16.7 Å². The van der Waals surface area contributed by atoms with Gasteiger partial charge >= 0.3 is 0 Å². The number of hydrogen-bond donors (Lipinski definition) is 2. The van der Waals surface area contributed by atoms with Crippen LogP contribution in [0.15, 0.2) is 72.8 Å². The molecule has 2 bridgehead atoms. The minimum absolute atomic E-state index is 0.0258. The van der Waals surface area contributed by atoms with Crippen molar-refractivity contribution in [3.05, 3.63) is 101 Å². The van der Waals surface area contributed by atoms with Crippen LogP contribution in [0.1, 0.15) is 51.9 Å². The summed E-state index contributed by atoms with van der Waals surface area (Å²) < 4.78 is 6.92. The van der Waals surface area contributed by atoms with E-state index in [-0.39, 0.29) is 18.2 Å². The van der Waals surface area contributed by atoms with Gasteiger partial charge in [0.05, 0.1) is 16.6 Å². The Bertz CT molecular complexity index is 1340. The Morgan fingerprint density at radius 2 is 1.68 bits per heavy atom. The molecule has 1 saturated carbocycles. The minimum Gasteiger partial charge on any atom is -0.487 e. The summed E-state index contributed by atoms with van der Waals surface area (Å²) in [5.74, 6) is 0.145. The van der Waals surface area contributed by atoms with Crippen LogP contribution in [0.3, 0.4) is 0 Å². The number of benzene rings is 3. The zero-order valence-electron chi connectivity index (χ0n) is 21.8. The molecule has 7 rings (SSSR count). The summed E-state index contributed by atoms with van der Waals surface area (Å²) in [6, 6.07) is 25.1. The lowest BCUT2D eigenvalue weighted by Gasteiger charge is -2.64. The van der Waals surface area contributed by atoms with Crippen LogP contribution in [0.5, 0.6) is 5.75 Å². The SMILES string of the molecule is CN1CC[C@]23c4c5ccc(C(N)=O)c4OC2C(N(Cc2ccccc2)Cc2ccccc2)CC[C@@]3(O)C1C5. The molecule has 2 aliphatic carbocycles. The summed E-state index contributed by atoms with van der Waals surface area (Å²) in [5, 5.41) is 12.6. The van der Waals surface area contributed by atoms with Crippen molar-refractivity contribution in [2.75, 3.05) is 13.6 Å². The first-order valence-corrected chi connectivity index (χ1v) is 13.8. The first-order valence-electron chi connectivity index (χ1n) is 13.8. The number of carbonyl (C=O) groups is 1. The first kappa shape index (κ1) is 23.9. The van der Waals surface area contributed by atoms with Crippen LogP contribution in [-0.4, -0.2) is 58.2 Å². The lowest BCUT2D eigenvalue weighted by atomic mass is 9.48. The van der Waals surface area contributed by atoms with Gasteiger partial charge in [0.15, 0.2) is 0 Å². The molecule has 1 amide bonds. The van der Waals surface area contributed by atoms with Crippen molar-refractivity contribution < 1.29 is 14.6 Å². The maximum atomic E-state index is 12.6.